The Balaban J connectivity index is 1.34. The van der Waals surface area contributed by atoms with Crippen LogP contribution in [0.2, 0.25) is 0 Å². The monoisotopic (exact) mass is 364 g/mol. The predicted octanol–water partition coefficient (Wildman–Crippen LogP) is 1.97. The minimum atomic E-state index is -0.426. The molecule has 2 bridgehead atoms. The average Bonchev–Trinajstić information content (AvgIpc) is 2.95. The van der Waals surface area contributed by atoms with Gasteiger partial charge in [-0.2, -0.15) is 0 Å². The van der Waals surface area contributed by atoms with Crippen molar-refractivity contribution in [3.63, 3.8) is 0 Å². The molecule has 4 heterocycles. The summed E-state index contributed by atoms with van der Waals surface area (Å²) in [5.74, 6) is 0.533. The third kappa shape index (κ3) is 3.35. The van der Waals surface area contributed by atoms with Gasteiger partial charge in [-0.1, -0.05) is 12.2 Å². The molecule has 0 aromatic carbocycles. The van der Waals surface area contributed by atoms with Crippen LogP contribution in [-0.2, 0) is 19.3 Å². The molecule has 1 N–H and O–H groups in total. The Kier molecular flexibility index (Phi) is 4.61. The molecule has 5 rings (SSSR count). The van der Waals surface area contributed by atoms with Crippen molar-refractivity contribution in [1.29, 1.82) is 0 Å². The largest absolute Gasteiger partial charge is 0.520 e. The van der Waals surface area contributed by atoms with Gasteiger partial charge in [0.2, 0.25) is 0 Å². The number of aryl methyl sites for hydroxylation is 2. The molecule has 1 aromatic rings. The second kappa shape index (κ2) is 6.46. The molecule has 1 atom stereocenters. The van der Waals surface area contributed by atoms with Crippen molar-refractivity contribution in [3.05, 3.63) is 15.6 Å². The Hall–Kier alpha value is -0.295. The van der Waals surface area contributed by atoms with E-state index in [9.17, 15) is 5.11 Å². The lowest BCUT2D eigenvalue weighted by molar-refractivity contribution is -0.846. The maximum atomic E-state index is 11.2. The van der Waals surface area contributed by atoms with E-state index < -0.39 is 5.60 Å². The van der Waals surface area contributed by atoms with Crippen molar-refractivity contribution in [3.8, 4) is 0 Å². The van der Waals surface area contributed by atoms with E-state index >= 15 is 0 Å². The number of fused-ring (bicyclic) bond motifs is 4. The van der Waals surface area contributed by atoms with Gasteiger partial charge in [-0.05, 0) is 56.2 Å². The second-order valence-corrected chi connectivity index (χ2v) is 9.30. The summed E-state index contributed by atoms with van der Waals surface area (Å²) in [6.07, 6.45) is 10.1. The zero-order valence-electron chi connectivity index (χ0n) is 13.7. The second-order valence-electron chi connectivity index (χ2n) is 7.55. The van der Waals surface area contributed by atoms with Crippen LogP contribution in [0.1, 0.15) is 54.1 Å². The number of hydrogen-bond acceptors (Lipinski definition) is 4. The van der Waals surface area contributed by atoms with Gasteiger partial charge in [0.1, 0.15) is 5.60 Å². The molecule has 132 valence electrons. The van der Waals surface area contributed by atoms with Gasteiger partial charge in [-0.15, -0.1) is 11.3 Å². The smallest absolute Gasteiger partial charge is 0.169 e. The van der Waals surface area contributed by atoms with Gasteiger partial charge in [0.05, 0.1) is 17.2 Å². The van der Waals surface area contributed by atoms with Crippen LogP contribution in [0.3, 0.4) is 0 Å². The average molecular weight is 364 g/mol. The SMILES string of the molecule is [BH3-][N+]12CCC(CC1)C(O)(CCC(=S)Cc1nc3c(s1)CCCC3)C2. The minimum absolute atomic E-state index is 0.259. The van der Waals surface area contributed by atoms with E-state index in [1.807, 2.05) is 11.3 Å². The molecule has 1 aromatic heterocycles. The summed E-state index contributed by atoms with van der Waals surface area (Å²) in [5.41, 5.74) is 0.913. The number of thiazole rings is 1. The first-order valence-corrected chi connectivity index (χ1v) is 10.3. The van der Waals surface area contributed by atoms with Crippen molar-refractivity contribution in [2.24, 2.45) is 5.92 Å². The highest BCUT2D eigenvalue weighted by molar-refractivity contribution is 7.80. The van der Waals surface area contributed by atoms with Crippen LogP contribution in [0, 0.1) is 5.92 Å². The van der Waals surface area contributed by atoms with E-state index in [-0.39, 0.29) is 7.98 Å². The fourth-order valence-corrected chi connectivity index (χ4v) is 6.05. The van der Waals surface area contributed by atoms with Crippen LogP contribution in [0.25, 0.3) is 0 Å². The lowest BCUT2D eigenvalue weighted by atomic mass is 9.69. The topological polar surface area (TPSA) is 33.1 Å². The number of quaternary nitrogens is 1. The number of thiocarbonyl (C=S) groups is 1. The molecular weight excluding hydrogens is 335 g/mol. The summed E-state index contributed by atoms with van der Waals surface area (Å²) in [6.45, 7) is 3.73. The summed E-state index contributed by atoms with van der Waals surface area (Å²) >= 11 is 7.56. The van der Waals surface area contributed by atoms with Crippen LogP contribution in [0.15, 0.2) is 0 Å². The normalized spacial score (nSPS) is 35.0. The summed E-state index contributed by atoms with van der Waals surface area (Å²) in [5, 5.41) is 12.4. The van der Waals surface area contributed by atoms with Crippen molar-refractivity contribution < 1.29 is 9.50 Å². The van der Waals surface area contributed by atoms with Gasteiger partial charge in [-0.25, -0.2) is 4.98 Å². The molecular formula is C18H29BN2OS2. The Bertz CT molecular complexity index is 615. The molecule has 0 saturated carbocycles. The summed E-state index contributed by atoms with van der Waals surface area (Å²) < 4.78 is 1.30. The Morgan fingerprint density at radius 3 is 2.79 bits per heavy atom. The van der Waals surface area contributed by atoms with E-state index in [1.54, 1.807) is 0 Å². The van der Waals surface area contributed by atoms with Gasteiger partial charge in [0, 0.05) is 30.3 Å². The molecule has 24 heavy (non-hydrogen) atoms. The molecule has 3 fully saturated rings. The fraction of sp³-hybridized carbons (Fsp3) is 0.778. The van der Waals surface area contributed by atoms with Crippen LogP contribution in [0.5, 0.6) is 0 Å². The van der Waals surface area contributed by atoms with Crippen LogP contribution < -0.4 is 0 Å². The zero-order chi connectivity index (χ0) is 16.8. The molecule has 0 spiro atoms. The number of aromatic nitrogens is 1. The Labute approximate surface area is 155 Å². The van der Waals surface area contributed by atoms with Crippen LogP contribution in [-0.4, -0.2) is 52.6 Å². The molecule has 3 saturated heterocycles. The first-order chi connectivity index (χ1) is 11.5. The molecule has 6 heteroatoms. The zero-order valence-corrected chi connectivity index (χ0v) is 15.4. The maximum Gasteiger partial charge on any atom is 0.169 e. The number of hydrogen-bond donors (Lipinski definition) is 1. The van der Waals surface area contributed by atoms with Gasteiger partial charge < -0.3 is 9.50 Å². The molecule has 4 aliphatic rings. The summed E-state index contributed by atoms with van der Waals surface area (Å²) in [4.78, 5) is 7.43. The minimum Gasteiger partial charge on any atom is -0.520 e. The molecule has 1 aliphatic carbocycles. The van der Waals surface area contributed by atoms with Crippen molar-refractivity contribution in [1.82, 2.24) is 4.98 Å². The highest BCUT2D eigenvalue weighted by atomic mass is 32.1. The van der Waals surface area contributed by atoms with Crippen molar-refractivity contribution in [2.45, 2.75) is 63.4 Å². The van der Waals surface area contributed by atoms with Gasteiger partial charge >= 0.3 is 0 Å². The third-order valence-corrected chi connectivity index (χ3v) is 7.43. The quantitative estimate of drug-likeness (QED) is 0.641. The van der Waals surface area contributed by atoms with E-state index in [2.05, 4.69) is 0 Å². The Morgan fingerprint density at radius 2 is 2.08 bits per heavy atom. The standard InChI is InChI=1S/C18H29BN2OS2/c19-21-9-6-13(7-10-21)18(22,12-21)8-5-14(23)11-17-20-15-3-1-2-4-16(15)24-17/h13,22H,1-12H2,19H3. The molecule has 0 radical (unpaired) electrons. The van der Waals surface area contributed by atoms with Gasteiger partial charge in [0.25, 0.3) is 0 Å². The molecule has 0 amide bonds. The molecule has 1 unspecified atom stereocenters. The fourth-order valence-electron chi connectivity index (χ4n) is 4.52. The molecule has 3 nitrogen and oxygen atoms in total. The van der Waals surface area contributed by atoms with Gasteiger partial charge in [0.15, 0.2) is 7.98 Å². The van der Waals surface area contributed by atoms with E-state index in [4.69, 9.17) is 17.2 Å². The number of rotatable bonds is 5. The number of aliphatic hydroxyl groups is 1. The summed E-state index contributed by atoms with van der Waals surface area (Å²) in [6, 6.07) is 0. The number of piperidine rings is 3. The van der Waals surface area contributed by atoms with Crippen molar-refractivity contribution in [2.75, 3.05) is 19.6 Å². The van der Waals surface area contributed by atoms with Gasteiger partial charge in [-0.3, -0.25) is 0 Å². The molecule has 3 aliphatic heterocycles. The maximum absolute atomic E-state index is 11.2. The van der Waals surface area contributed by atoms with E-state index in [1.165, 1.54) is 65.2 Å². The third-order valence-electron chi connectivity index (χ3n) is 5.92. The van der Waals surface area contributed by atoms with E-state index in [0.717, 1.165) is 37.1 Å². The highest BCUT2D eigenvalue weighted by Gasteiger charge is 2.49. The number of nitrogens with zero attached hydrogens (tertiary/aromatic N) is 2. The highest BCUT2D eigenvalue weighted by Crippen LogP contribution is 2.41. The van der Waals surface area contributed by atoms with Crippen LogP contribution >= 0.6 is 23.6 Å². The summed E-state index contributed by atoms with van der Waals surface area (Å²) in [7, 11) is 0.259. The first kappa shape index (κ1) is 17.1. The van der Waals surface area contributed by atoms with Crippen LogP contribution in [0.4, 0.5) is 0 Å². The Morgan fingerprint density at radius 1 is 1.33 bits per heavy atom. The lowest BCUT2D eigenvalue weighted by Crippen LogP contribution is -2.68. The lowest BCUT2D eigenvalue weighted by Gasteiger charge is -2.60. The van der Waals surface area contributed by atoms with Crippen molar-refractivity contribution >= 4 is 36.4 Å². The van der Waals surface area contributed by atoms with E-state index in [0.29, 0.717) is 5.92 Å². The first-order valence-electron chi connectivity index (χ1n) is 9.06. The predicted molar refractivity (Wildman–Crippen MR) is 107 cm³/mol.